The van der Waals surface area contributed by atoms with E-state index < -0.39 is 0 Å². The highest BCUT2D eigenvalue weighted by Gasteiger charge is 2.13. The van der Waals surface area contributed by atoms with Crippen molar-refractivity contribution < 1.29 is 14.0 Å². The molecule has 3 aromatic rings. The van der Waals surface area contributed by atoms with Gasteiger partial charge in [-0.15, -0.1) is 0 Å². The number of hydrogen-bond donors (Lipinski definition) is 5. The van der Waals surface area contributed by atoms with Gasteiger partial charge in [-0.3, -0.25) is 15.0 Å². The zero-order chi connectivity index (χ0) is 25.5. The summed E-state index contributed by atoms with van der Waals surface area (Å²) in [4.78, 5) is 24.9. The normalized spacial score (nSPS) is 10.7. The molecule has 0 atom stereocenters. The van der Waals surface area contributed by atoms with E-state index in [9.17, 15) is 14.0 Å². The van der Waals surface area contributed by atoms with E-state index in [0.717, 1.165) is 5.56 Å². The number of rotatable bonds is 9. The lowest BCUT2D eigenvalue weighted by molar-refractivity contribution is -0.118. The number of benzene rings is 3. The SMILES string of the molecule is CC(C)C(=O)Nc1cc(Cl)cc(C(=O)NCc2ccc(C(=N)N)cc2NCc2ccccc2F)c1. The molecule has 9 heteroatoms. The molecule has 0 bridgehead atoms. The van der Waals surface area contributed by atoms with Crippen molar-refractivity contribution in [2.45, 2.75) is 26.9 Å². The highest BCUT2D eigenvalue weighted by atomic mass is 35.5. The highest BCUT2D eigenvalue weighted by Crippen LogP contribution is 2.22. The van der Waals surface area contributed by atoms with Gasteiger partial charge in [0.1, 0.15) is 11.7 Å². The first kappa shape index (κ1) is 25.7. The van der Waals surface area contributed by atoms with E-state index in [1.807, 2.05) is 0 Å². The second-order valence-electron chi connectivity index (χ2n) is 8.29. The fourth-order valence-corrected chi connectivity index (χ4v) is 3.49. The van der Waals surface area contributed by atoms with Crippen molar-refractivity contribution in [3.63, 3.8) is 0 Å². The molecule has 182 valence electrons. The number of halogens is 2. The predicted octanol–water partition coefficient (Wildman–Crippen LogP) is 4.90. The largest absolute Gasteiger partial charge is 0.384 e. The molecule has 0 aliphatic carbocycles. The summed E-state index contributed by atoms with van der Waals surface area (Å²) in [7, 11) is 0. The standard InChI is InChI=1S/C26H27ClFN5O2/c1-15(2)25(34)33-21-10-19(9-20(27)12-21)26(35)32-14-18-8-7-16(24(29)30)11-23(18)31-13-17-5-3-4-6-22(17)28/h3-12,15,31H,13-14H2,1-2H3,(H3,29,30)(H,32,35)(H,33,34). The second-order valence-corrected chi connectivity index (χ2v) is 8.72. The van der Waals surface area contributed by atoms with Crippen LogP contribution in [-0.2, 0) is 17.9 Å². The zero-order valence-electron chi connectivity index (χ0n) is 19.4. The Balaban J connectivity index is 1.76. The van der Waals surface area contributed by atoms with Crippen LogP contribution in [0.25, 0.3) is 0 Å². The van der Waals surface area contributed by atoms with Gasteiger partial charge in [-0.1, -0.05) is 55.8 Å². The van der Waals surface area contributed by atoms with Crippen LogP contribution < -0.4 is 21.7 Å². The minimum absolute atomic E-state index is 0.107. The summed E-state index contributed by atoms with van der Waals surface area (Å²) >= 11 is 6.15. The minimum Gasteiger partial charge on any atom is -0.384 e. The maximum atomic E-state index is 14.0. The number of anilines is 2. The van der Waals surface area contributed by atoms with Crippen LogP contribution in [0.1, 0.15) is 40.9 Å². The first-order chi connectivity index (χ1) is 16.6. The predicted molar refractivity (Wildman–Crippen MR) is 137 cm³/mol. The summed E-state index contributed by atoms with van der Waals surface area (Å²) in [5.41, 5.74) is 8.65. The topological polar surface area (TPSA) is 120 Å². The van der Waals surface area contributed by atoms with Crippen LogP contribution in [0.2, 0.25) is 5.02 Å². The van der Waals surface area contributed by atoms with Crippen LogP contribution in [0.4, 0.5) is 15.8 Å². The van der Waals surface area contributed by atoms with Gasteiger partial charge >= 0.3 is 0 Å². The number of nitrogens with one attached hydrogen (secondary N) is 4. The van der Waals surface area contributed by atoms with Gasteiger partial charge < -0.3 is 21.7 Å². The molecule has 0 spiro atoms. The Morgan fingerprint density at radius 2 is 1.74 bits per heavy atom. The molecule has 0 fully saturated rings. The van der Waals surface area contributed by atoms with Crippen LogP contribution in [-0.4, -0.2) is 17.6 Å². The molecule has 0 unspecified atom stereocenters. The molecule has 3 aromatic carbocycles. The molecular formula is C26H27ClFN5O2. The smallest absolute Gasteiger partial charge is 0.251 e. The van der Waals surface area contributed by atoms with Gasteiger partial charge in [0.25, 0.3) is 5.91 Å². The molecule has 35 heavy (non-hydrogen) atoms. The lowest BCUT2D eigenvalue weighted by atomic mass is 10.1. The third-order valence-electron chi connectivity index (χ3n) is 5.24. The van der Waals surface area contributed by atoms with Crippen molar-refractivity contribution in [1.82, 2.24) is 5.32 Å². The molecule has 0 saturated heterocycles. The Morgan fingerprint density at radius 3 is 2.43 bits per heavy atom. The van der Waals surface area contributed by atoms with Crippen molar-refractivity contribution in [1.29, 1.82) is 5.41 Å². The number of carbonyl (C=O) groups excluding carboxylic acids is 2. The number of carbonyl (C=O) groups is 2. The van der Waals surface area contributed by atoms with E-state index in [1.54, 1.807) is 62.4 Å². The summed E-state index contributed by atoms with van der Waals surface area (Å²) in [5.74, 6) is -1.24. The lowest BCUT2D eigenvalue weighted by Crippen LogP contribution is -2.24. The lowest BCUT2D eigenvalue weighted by Gasteiger charge is -2.15. The van der Waals surface area contributed by atoms with Crippen LogP contribution in [0, 0.1) is 17.1 Å². The molecule has 6 N–H and O–H groups in total. The Bertz CT molecular complexity index is 1260. The van der Waals surface area contributed by atoms with E-state index >= 15 is 0 Å². The van der Waals surface area contributed by atoms with Gasteiger partial charge in [0.05, 0.1) is 0 Å². The number of amides is 2. The third-order valence-corrected chi connectivity index (χ3v) is 5.46. The maximum Gasteiger partial charge on any atom is 0.251 e. The van der Waals surface area contributed by atoms with Crippen molar-refractivity contribution in [3.05, 3.63) is 93.8 Å². The van der Waals surface area contributed by atoms with E-state index in [4.69, 9.17) is 22.7 Å². The molecule has 0 radical (unpaired) electrons. The van der Waals surface area contributed by atoms with Gasteiger partial charge in [0, 0.05) is 52.1 Å². The summed E-state index contributed by atoms with van der Waals surface area (Å²) < 4.78 is 14.0. The average molecular weight is 496 g/mol. The first-order valence-electron chi connectivity index (χ1n) is 11.0. The van der Waals surface area contributed by atoms with Gasteiger partial charge in [-0.05, 0) is 35.9 Å². The monoisotopic (exact) mass is 495 g/mol. The van der Waals surface area contributed by atoms with Gasteiger partial charge in [0.15, 0.2) is 0 Å². The molecule has 0 aliphatic heterocycles. The summed E-state index contributed by atoms with van der Waals surface area (Å²) in [6, 6.07) is 16.2. The molecular weight excluding hydrogens is 469 g/mol. The molecule has 0 saturated carbocycles. The van der Waals surface area contributed by atoms with Crippen molar-refractivity contribution >= 4 is 40.6 Å². The Labute approximate surface area is 208 Å². The Kier molecular flexibility index (Phi) is 8.43. The summed E-state index contributed by atoms with van der Waals surface area (Å²) in [5, 5.41) is 16.8. The Morgan fingerprint density at radius 1 is 1.00 bits per heavy atom. The molecule has 0 heterocycles. The number of hydrogen-bond acceptors (Lipinski definition) is 4. The number of amidine groups is 1. The molecule has 0 aromatic heterocycles. The quantitative estimate of drug-likeness (QED) is 0.214. The fourth-order valence-electron chi connectivity index (χ4n) is 3.25. The molecule has 0 aliphatic rings. The summed E-state index contributed by atoms with van der Waals surface area (Å²) in [6.07, 6.45) is 0. The maximum absolute atomic E-state index is 14.0. The van der Waals surface area contributed by atoms with Crippen LogP contribution in [0.5, 0.6) is 0 Å². The minimum atomic E-state index is -0.386. The summed E-state index contributed by atoms with van der Waals surface area (Å²) in [6.45, 7) is 3.89. The zero-order valence-corrected chi connectivity index (χ0v) is 20.2. The van der Waals surface area contributed by atoms with Crippen molar-refractivity contribution in [2.24, 2.45) is 11.7 Å². The fraction of sp³-hybridized carbons (Fsp3) is 0.192. The second kappa shape index (κ2) is 11.5. The van der Waals surface area contributed by atoms with E-state index in [0.29, 0.717) is 27.5 Å². The number of nitrogen functional groups attached to an aromatic ring is 1. The van der Waals surface area contributed by atoms with Crippen molar-refractivity contribution in [3.8, 4) is 0 Å². The van der Waals surface area contributed by atoms with Crippen LogP contribution >= 0.6 is 11.6 Å². The average Bonchev–Trinajstić information content (AvgIpc) is 2.81. The van der Waals surface area contributed by atoms with Crippen LogP contribution in [0.15, 0.2) is 60.7 Å². The number of nitrogens with two attached hydrogens (primary N) is 1. The van der Waals surface area contributed by atoms with Crippen molar-refractivity contribution in [2.75, 3.05) is 10.6 Å². The van der Waals surface area contributed by atoms with Gasteiger partial charge in [0.2, 0.25) is 5.91 Å². The van der Waals surface area contributed by atoms with E-state index in [-0.39, 0.29) is 48.0 Å². The third kappa shape index (κ3) is 7.04. The molecule has 3 rings (SSSR count). The van der Waals surface area contributed by atoms with E-state index in [1.165, 1.54) is 12.1 Å². The Hall–Kier alpha value is -3.91. The van der Waals surface area contributed by atoms with Gasteiger partial charge in [-0.2, -0.15) is 0 Å². The van der Waals surface area contributed by atoms with E-state index in [2.05, 4.69) is 16.0 Å². The first-order valence-corrected chi connectivity index (χ1v) is 11.4. The molecule has 7 nitrogen and oxygen atoms in total. The van der Waals surface area contributed by atoms with Gasteiger partial charge in [-0.25, -0.2) is 4.39 Å². The van der Waals surface area contributed by atoms with Crippen LogP contribution in [0.3, 0.4) is 0 Å². The highest BCUT2D eigenvalue weighted by molar-refractivity contribution is 6.31. The molecule has 2 amide bonds.